The Kier molecular flexibility index (Phi) is 4.80. The maximum atomic E-state index is 2.46. The first-order chi connectivity index (χ1) is 19.1. The third-order valence-corrected chi connectivity index (χ3v) is 9.62. The summed E-state index contributed by atoms with van der Waals surface area (Å²) in [7, 11) is 0. The highest BCUT2D eigenvalue weighted by Gasteiger charge is 2.35. The first-order valence-electron chi connectivity index (χ1n) is 13.5. The fourth-order valence-corrected chi connectivity index (χ4v) is 7.78. The fraction of sp³-hybridized carbons (Fsp3) is 0.0811. The fourth-order valence-electron chi connectivity index (χ4n) is 6.56. The lowest BCUT2D eigenvalue weighted by molar-refractivity contribution is 0.660. The number of benzene rings is 6. The molecule has 7 aromatic rings. The first-order valence-corrected chi connectivity index (χ1v) is 14.4. The van der Waals surface area contributed by atoms with Gasteiger partial charge in [0.05, 0.1) is 10.4 Å². The molecule has 0 unspecified atom stereocenters. The predicted molar refractivity (Wildman–Crippen MR) is 169 cm³/mol. The number of rotatable bonds is 3. The number of thiophene rings is 1. The molecule has 0 spiro atoms. The Morgan fingerprint density at radius 1 is 0.564 bits per heavy atom. The van der Waals surface area contributed by atoms with Crippen LogP contribution in [-0.2, 0) is 5.41 Å². The van der Waals surface area contributed by atoms with Crippen molar-refractivity contribution >= 4 is 59.3 Å². The van der Waals surface area contributed by atoms with Crippen LogP contribution in [0.15, 0.2) is 127 Å². The SMILES string of the molecule is CC1(C)c2ccccc2-c2ccc(N(c3ccccc3)c3cc4ccccc4c4c3sc3ccccc34)cc21. The third kappa shape index (κ3) is 3.25. The second-order valence-electron chi connectivity index (χ2n) is 11.0. The quantitative estimate of drug-likeness (QED) is 0.225. The topological polar surface area (TPSA) is 3.24 Å². The van der Waals surface area contributed by atoms with Gasteiger partial charge in [0.2, 0.25) is 0 Å². The van der Waals surface area contributed by atoms with Crippen LogP contribution in [0, 0.1) is 0 Å². The molecule has 186 valence electrons. The molecule has 2 heteroatoms. The van der Waals surface area contributed by atoms with E-state index in [2.05, 4.69) is 146 Å². The summed E-state index contributed by atoms with van der Waals surface area (Å²) in [6.07, 6.45) is 0. The molecule has 0 radical (unpaired) electrons. The molecule has 1 aromatic heterocycles. The molecule has 0 N–H and O–H groups in total. The molecule has 1 aliphatic rings. The molecule has 8 rings (SSSR count). The van der Waals surface area contributed by atoms with Gasteiger partial charge in [-0.25, -0.2) is 0 Å². The summed E-state index contributed by atoms with van der Waals surface area (Å²) in [6.45, 7) is 4.71. The highest BCUT2D eigenvalue weighted by molar-refractivity contribution is 7.26. The molecule has 0 saturated carbocycles. The normalized spacial score (nSPS) is 13.6. The Hall–Kier alpha value is -4.40. The van der Waals surface area contributed by atoms with Crippen molar-refractivity contribution in [3.8, 4) is 11.1 Å². The van der Waals surface area contributed by atoms with Crippen LogP contribution in [0.1, 0.15) is 25.0 Å². The average Bonchev–Trinajstić information content (AvgIpc) is 3.48. The molecule has 0 amide bonds. The van der Waals surface area contributed by atoms with Crippen LogP contribution >= 0.6 is 11.3 Å². The largest absolute Gasteiger partial charge is 0.309 e. The zero-order chi connectivity index (χ0) is 26.1. The van der Waals surface area contributed by atoms with Gasteiger partial charge in [0.1, 0.15) is 0 Å². The van der Waals surface area contributed by atoms with E-state index in [0.717, 1.165) is 0 Å². The summed E-state index contributed by atoms with van der Waals surface area (Å²) in [5.41, 5.74) is 9.02. The lowest BCUT2D eigenvalue weighted by atomic mass is 9.82. The van der Waals surface area contributed by atoms with Crippen LogP contribution in [0.5, 0.6) is 0 Å². The molecule has 0 bridgehead atoms. The van der Waals surface area contributed by atoms with Gasteiger partial charge in [-0.15, -0.1) is 11.3 Å². The summed E-state index contributed by atoms with van der Waals surface area (Å²) < 4.78 is 2.64. The molecule has 39 heavy (non-hydrogen) atoms. The summed E-state index contributed by atoms with van der Waals surface area (Å²) >= 11 is 1.89. The molecule has 0 atom stereocenters. The monoisotopic (exact) mass is 517 g/mol. The van der Waals surface area contributed by atoms with Crippen molar-refractivity contribution in [2.75, 3.05) is 4.90 Å². The lowest BCUT2D eigenvalue weighted by Gasteiger charge is -2.29. The van der Waals surface area contributed by atoms with Gasteiger partial charge in [-0.05, 0) is 69.4 Å². The van der Waals surface area contributed by atoms with E-state index in [1.165, 1.54) is 70.3 Å². The van der Waals surface area contributed by atoms with E-state index in [-0.39, 0.29) is 5.41 Å². The highest BCUT2D eigenvalue weighted by Crippen LogP contribution is 2.52. The van der Waals surface area contributed by atoms with Gasteiger partial charge in [-0.3, -0.25) is 0 Å². The Labute approximate surface area is 232 Å². The van der Waals surface area contributed by atoms with Gasteiger partial charge in [0.15, 0.2) is 0 Å². The third-order valence-electron chi connectivity index (χ3n) is 8.43. The standard InChI is InChI=1S/C37H27NS/c1-37(2)31-18-10-8-16-28(31)29-21-20-26(23-32(29)37)38(25-13-4-3-5-14-25)33-22-24-12-6-7-15-27(24)35-30-17-9-11-19-34(30)39-36(33)35/h3-23H,1-2H3. The van der Waals surface area contributed by atoms with E-state index in [1.807, 2.05) is 11.3 Å². The Morgan fingerprint density at radius 3 is 2.13 bits per heavy atom. The minimum atomic E-state index is -0.0549. The number of fused-ring (bicyclic) bond motifs is 8. The van der Waals surface area contributed by atoms with Crippen molar-refractivity contribution in [3.05, 3.63) is 139 Å². The van der Waals surface area contributed by atoms with Gasteiger partial charge in [-0.1, -0.05) is 105 Å². The summed E-state index contributed by atoms with van der Waals surface area (Å²) in [6, 6.07) is 46.8. The van der Waals surface area contributed by atoms with Crippen LogP contribution in [0.4, 0.5) is 17.1 Å². The van der Waals surface area contributed by atoms with Gasteiger partial charge in [0.25, 0.3) is 0 Å². The van der Waals surface area contributed by atoms with E-state index < -0.39 is 0 Å². The maximum absolute atomic E-state index is 2.46. The second kappa shape index (κ2) is 8.30. The van der Waals surface area contributed by atoms with E-state index in [4.69, 9.17) is 0 Å². The zero-order valence-electron chi connectivity index (χ0n) is 22.0. The second-order valence-corrected chi connectivity index (χ2v) is 12.0. The zero-order valence-corrected chi connectivity index (χ0v) is 22.8. The molecule has 1 aliphatic carbocycles. The van der Waals surface area contributed by atoms with Gasteiger partial charge in [0, 0.05) is 32.3 Å². The summed E-state index contributed by atoms with van der Waals surface area (Å²) in [4.78, 5) is 2.46. The number of hydrogen-bond donors (Lipinski definition) is 0. The molecule has 0 saturated heterocycles. The Balaban J connectivity index is 1.45. The number of nitrogens with zero attached hydrogens (tertiary/aromatic N) is 1. The molecule has 1 nitrogen and oxygen atoms in total. The van der Waals surface area contributed by atoms with Gasteiger partial charge in [-0.2, -0.15) is 0 Å². The van der Waals surface area contributed by atoms with Crippen molar-refractivity contribution in [2.24, 2.45) is 0 Å². The average molecular weight is 518 g/mol. The molecule has 1 heterocycles. The van der Waals surface area contributed by atoms with Crippen LogP contribution in [-0.4, -0.2) is 0 Å². The number of hydrogen-bond acceptors (Lipinski definition) is 2. The van der Waals surface area contributed by atoms with Crippen molar-refractivity contribution < 1.29 is 0 Å². The van der Waals surface area contributed by atoms with E-state index in [0.29, 0.717) is 0 Å². The molecular formula is C37H27NS. The Bertz CT molecular complexity index is 2050. The minimum absolute atomic E-state index is 0.0549. The highest BCUT2D eigenvalue weighted by atomic mass is 32.1. The number of anilines is 3. The van der Waals surface area contributed by atoms with E-state index in [9.17, 15) is 0 Å². The van der Waals surface area contributed by atoms with Crippen LogP contribution in [0.25, 0.3) is 42.1 Å². The molecule has 6 aromatic carbocycles. The molecular weight excluding hydrogens is 490 g/mol. The summed E-state index contributed by atoms with van der Waals surface area (Å²) in [5.74, 6) is 0. The molecule has 0 fully saturated rings. The van der Waals surface area contributed by atoms with Gasteiger partial charge < -0.3 is 4.90 Å². The van der Waals surface area contributed by atoms with Crippen LogP contribution in [0.2, 0.25) is 0 Å². The van der Waals surface area contributed by atoms with Gasteiger partial charge >= 0.3 is 0 Å². The maximum Gasteiger partial charge on any atom is 0.0646 e. The van der Waals surface area contributed by atoms with Crippen molar-refractivity contribution in [2.45, 2.75) is 19.3 Å². The van der Waals surface area contributed by atoms with Crippen LogP contribution < -0.4 is 4.90 Å². The Morgan fingerprint density at radius 2 is 1.26 bits per heavy atom. The van der Waals surface area contributed by atoms with Crippen LogP contribution in [0.3, 0.4) is 0 Å². The molecule has 0 aliphatic heterocycles. The smallest absolute Gasteiger partial charge is 0.0646 e. The van der Waals surface area contributed by atoms with Crippen molar-refractivity contribution in [1.82, 2.24) is 0 Å². The lowest BCUT2D eigenvalue weighted by Crippen LogP contribution is -2.16. The predicted octanol–water partition coefficient (Wildman–Crippen LogP) is 11.0. The van der Waals surface area contributed by atoms with Crippen molar-refractivity contribution in [1.29, 1.82) is 0 Å². The number of para-hydroxylation sites is 1. The van der Waals surface area contributed by atoms with E-state index >= 15 is 0 Å². The summed E-state index contributed by atoms with van der Waals surface area (Å²) in [5, 5.41) is 5.25. The van der Waals surface area contributed by atoms with Crippen molar-refractivity contribution in [3.63, 3.8) is 0 Å². The minimum Gasteiger partial charge on any atom is -0.309 e. The van der Waals surface area contributed by atoms with E-state index in [1.54, 1.807) is 0 Å². The first kappa shape index (κ1) is 22.6.